The molecule has 0 saturated carbocycles. The molecule has 0 aliphatic carbocycles. The molecule has 0 radical (unpaired) electrons. The van der Waals surface area contributed by atoms with Crippen LogP contribution >= 0.6 is 11.8 Å². The van der Waals surface area contributed by atoms with Gasteiger partial charge >= 0.3 is 0 Å². The normalized spacial score (nSPS) is 15.2. The lowest BCUT2D eigenvalue weighted by Crippen LogP contribution is -2.27. The van der Waals surface area contributed by atoms with Gasteiger partial charge in [-0.05, 0) is 25.6 Å². The van der Waals surface area contributed by atoms with Crippen LogP contribution in [0.25, 0.3) is 0 Å². The molecule has 5 heteroatoms. The van der Waals surface area contributed by atoms with Crippen LogP contribution in [-0.4, -0.2) is 29.0 Å². The Morgan fingerprint density at radius 2 is 2.00 bits per heavy atom. The highest BCUT2D eigenvalue weighted by atomic mass is 32.2. The SMILES string of the molecule is CNC(C)C(C)c1nc(CSCC(C)C)no1. The number of nitrogens with one attached hydrogen (secondary N) is 1. The summed E-state index contributed by atoms with van der Waals surface area (Å²) in [5, 5.41) is 7.21. The number of hydrogen-bond donors (Lipinski definition) is 1. The molecular formula is C12H23N3OS. The van der Waals surface area contributed by atoms with Crippen LogP contribution in [0.4, 0.5) is 0 Å². The van der Waals surface area contributed by atoms with Gasteiger partial charge in [-0.2, -0.15) is 16.7 Å². The Hall–Kier alpha value is -0.550. The zero-order chi connectivity index (χ0) is 12.8. The summed E-state index contributed by atoms with van der Waals surface area (Å²) in [5.41, 5.74) is 0. The largest absolute Gasteiger partial charge is 0.339 e. The third-order valence-corrected chi connectivity index (χ3v) is 4.13. The summed E-state index contributed by atoms with van der Waals surface area (Å²) in [7, 11) is 1.94. The maximum absolute atomic E-state index is 5.29. The summed E-state index contributed by atoms with van der Waals surface area (Å²) in [6, 6.07) is 0.339. The van der Waals surface area contributed by atoms with Crippen molar-refractivity contribution in [1.82, 2.24) is 15.5 Å². The Bertz CT molecular complexity index is 327. The first-order valence-electron chi connectivity index (χ1n) is 6.12. The van der Waals surface area contributed by atoms with Gasteiger partial charge in [-0.3, -0.25) is 0 Å². The van der Waals surface area contributed by atoms with Gasteiger partial charge < -0.3 is 9.84 Å². The third kappa shape index (κ3) is 4.68. The van der Waals surface area contributed by atoms with Crippen LogP contribution in [0, 0.1) is 5.92 Å². The molecule has 2 unspecified atom stereocenters. The molecule has 1 aromatic heterocycles. The van der Waals surface area contributed by atoms with Crippen LogP contribution in [0.5, 0.6) is 0 Å². The number of aromatic nitrogens is 2. The van der Waals surface area contributed by atoms with E-state index in [1.54, 1.807) is 0 Å². The molecule has 0 aliphatic rings. The van der Waals surface area contributed by atoms with Gasteiger partial charge in [0.25, 0.3) is 0 Å². The fourth-order valence-corrected chi connectivity index (χ4v) is 2.25. The Morgan fingerprint density at radius 3 is 2.59 bits per heavy atom. The molecule has 4 nitrogen and oxygen atoms in total. The smallest absolute Gasteiger partial charge is 0.231 e. The molecule has 1 rings (SSSR count). The molecule has 0 spiro atoms. The highest BCUT2D eigenvalue weighted by molar-refractivity contribution is 7.98. The molecule has 98 valence electrons. The second-order valence-electron chi connectivity index (χ2n) is 4.82. The molecule has 1 aromatic rings. The molecule has 0 aromatic carbocycles. The molecule has 0 amide bonds. The molecule has 2 atom stereocenters. The minimum Gasteiger partial charge on any atom is -0.339 e. The second kappa shape index (κ2) is 7.01. The maximum Gasteiger partial charge on any atom is 0.231 e. The fraction of sp³-hybridized carbons (Fsp3) is 0.833. The van der Waals surface area contributed by atoms with Gasteiger partial charge in [0, 0.05) is 6.04 Å². The number of thioether (sulfide) groups is 1. The van der Waals surface area contributed by atoms with E-state index < -0.39 is 0 Å². The molecule has 0 fully saturated rings. The number of likely N-dealkylation sites (N-methyl/N-ethyl adjacent to an activating group) is 1. The van der Waals surface area contributed by atoms with Crippen LogP contribution in [0.1, 0.15) is 45.3 Å². The first-order valence-corrected chi connectivity index (χ1v) is 7.27. The van der Waals surface area contributed by atoms with E-state index in [1.807, 2.05) is 18.8 Å². The Balaban J connectivity index is 2.47. The molecule has 0 aliphatic heterocycles. The van der Waals surface area contributed by atoms with Gasteiger partial charge in [0.2, 0.25) is 5.89 Å². The van der Waals surface area contributed by atoms with Gasteiger partial charge in [0.1, 0.15) is 0 Å². The van der Waals surface area contributed by atoms with Crippen molar-refractivity contribution in [2.24, 2.45) is 5.92 Å². The van der Waals surface area contributed by atoms with E-state index in [4.69, 9.17) is 4.52 Å². The minimum atomic E-state index is 0.247. The average Bonchev–Trinajstić information content (AvgIpc) is 2.75. The molecule has 17 heavy (non-hydrogen) atoms. The van der Waals surface area contributed by atoms with Crippen molar-refractivity contribution in [3.05, 3.63) is 11.7 Å². The lowest BCUT2D eigenvalue weighted by molar-refractivity contribution is 0.334. The van der Waals surface area contributed by atoms with Crippen LogP contribution in [0.3, 0.4) is 0 Å². The lowest BCUT2D eigenvalue weighted by atomic mass is 10.0. The van der Waals surface area contributed by atoms with Crippen molar-refractivity contribution in [2.75, 3.05) is 12.8 Å². The standard InChI is InChI=1S/C12H23N3OS/c1-8(2)6-17-7-11-14-12(16-15-11)9(3)10(4)13-5/h8-10,13H,6-7H2,1-5H3. The van der Waals surface area contributed by atoms with E-state index >= 15 is 0 Å². The number of hydrogen-bond acceptors (Lipinski definition) is 5. The predicted octanol–water partition coefficient (Wildman–Crippen LogP) is 2.67. The van der Waals surface area contributed by atoms with E-state index in [2.05, 4.69) is 43.2 Å². The monoisotopic (exact) mass is 257 g/mol. The first-order chi connectivity index (χ1) is 8.04. The number of rotatable bonds is 7. The molecular weight excluding hydrogens is 234 g/mol. The van der Waals surface area contributed by atoms with Crippen molar-refractivity contribution >= 4 is 11.8 Å². The van der Waals surface area contributed by atoms with Crippen molar-refractivity contribution in [2.45, 2.75) is 45.4 Å². The van der Waals surface area contributed by atoms with Crippen molar-refractivity contribution in [3.63, 3.8) is 0 Å². The third-order valence-electron chi connectivity index (χ3n) is 2.76. The van der Waals surface area contributed by atoms with E-state index in [9.17, 15) is 0 Å². The fourth-order valence-electron chi connectivity index (χ4n) is 1.36. The predicted molar refractivity (Wildman–Crippen MR) is 72.2 cm³/mol. The van der Waals surface area contributed by atoms with Crippen LogP contribution in [-0.2, 0) is 5.75 Å². The van der Waals surface area contributed by atoms with Gasteiger partial charge in [0.15, 0.2) is 5.82 Å². The number of nitrogens with zero attached hydrogens (tertiary/aromatic N) is 2. The van der Waals surface area contributed by atoms with Gasteiger partial charge in [-0.15, -0.1) is 0 Å². The summed E-state index contributed by atoms with van der Waals surface area (Å²) >= 11 is 1.85. The van der Waals surface area contributed by atoms with Crippen LogP contribution in [0.2, 0.25) is 0 Å². The summed E-state index contributed by atoms with van der Waals surface area (Å²) in [4.78, 5) is 4.44. The summed E-state index contributed by atoms with van der Waals surface area (Å²) < 4.78 is 5.29. The van der Waals surface area contributed by atoms with E-state index in [0.29, 0.717) is 12.0 Å². The summed E-state index contributed by atoms with van der Waals surface area (Å²) in [5.74, 6) is 4.45. The van der Waals surface area contributed by atoms with Gasteiger partial charge in [-0.25, -0.2) is 0 Å². The van der Waals surface area contributed by atoms with Gasteiger partial charge in [0.05, 0.1) is 11.7 Å². The molecule has 0 bridgehead atoms. The maximum atomic E-state index is 5.29. The summed E-state index contributed by atoms with van der Waals surface area (Å²) in [6.07, 6.45) is 0. The minimum absolute atomic E-state index is 0.247. The van der Waals surface area contributed by atoms with Crippen molar-refractivity contribution in [1.29, 1.82) is 0 Å². The highest BCUT2D eigenvalue weighted by Crippen LogP contribution is 2.19. The van der Waals surface area contributed by atoms with Crippen LogP contribution < -0.4 is 5.32 Å². The first kappa shape index (κ1) is 14.5. The molecule has 1 N–H and O–H groups in total. The second-order valence-corrected chi connectivity index (χ2v) is 5.85. The Morgan fingerprint density at radius 1 is 1.29 bits per heavy atom. The Kier molecular flexibility index (Phi) is 5.98. The summed E-state index contributed by atoms with van der Waals surface area (Å²) in [6.45, 7) is 8.64. The van der Waals surface area contributed by atoms with Crippen molar-refractivity contribution in [3.8, 4) is 0 Å². The molecule has 1 heterocycles. The quantitative estimate of drug-likeness (QED) is 0.814. The van der Waals surface area contributed by atoms with E-state index in [0.717, 1.165) is 23.2 Å². The van der Waals surface area contributed by atoms with Crippen LogP contribution in [0.15, 0.2) is 4.52 Å². The zero-order valence-corrected chi connectivity index (χ0v) is 12.2. The highest BCUT2D eigenvalue weighted by Gasteiger charge is 2.19. The lowest BCUT2D eigenvalue weighted by Gasteiger charge is -2.14. The van der Waals surface area contributed by atoms with Gasteiger partial charge in [-0.1, -0.05) is 25.9 Å². The Labute approximate surface area is 108 Å². The average molecular weight is 257 g/mol. The topological polar surface area (TPSA) is 51.0 Å². The zero-order valence-electron chi connectivity index (χ0n) is 11.4. The van der Waals surface area contributed by atoms with E-state index in [-0.39, 0.29) is 5.92 Å². The van der Waals surface area contributed by atoms with E-state index in [1.165, 1.54) is 0 Å². The van der Waals surface area contributed by atoms with Crippen molar-refractivity contribution < 1.29 is 4.52 Å². The molecule has 0 saturated heterocycles.